The van der Waals surface area contributed by atoms with E-state index >= 15 is 0 Å². The lowest BCUT2D eigenvalue weighted by Gasteiger charge is -2.20. The van der Waals surface area contributed by atoms with Gasteiger partial charge in [-0.2, -0.15) is 0 Å². The molecule has 1 aliphatic rings. The van der Waals surface area contributed by atoms with E-state index in [-0.39, 0.29) is 6.04 Å². The van der Waals surface area contributed by atoms with Crippen molar-refractivity contribution in [3.8, 4) is 0 Å². The Morgan fingerprint density at radius 2 is 1.90 bits per heavy atom. The maximum Gasteiger partial charge on any atom is 0.129 e. The molecular weight excluding hydrogens is 268 g/mol. The fraction of sp³-hybridized carbons (Fsp3) is 0.353. The lowest BCUT2D eigenvalue weighted by molar-refractivity contribution is 0.683. The second kappa shape index (κ2) is 5.84. The van der Waals surface area contributed by atoms with Crippen LogP contribution in [-0.4, -0.2) is 4.98 Å². The van der Waals surface area contributed by atoms with Gasteiger partial charge in [-0.1, -0.05) is 29.8 Å². The number of pyridine rings is 1. The van der Waals surface area contributed by atoms with Gasteiger partial charge in [-0.25, -0.2) is 4.98 Å². The molecular formula is C17H19ClN2. The molecule has 1 N–H and O–H groups in total. The third-order valence-corrected chi connectivity index (χ3v) is 4.21. The lowest BCUT2D eigenvalue weighted by atomic mass is 9.89. The molecule has 1 aromatic carbocycles. The van der Waals surface area contributed by atoms with Gasteiger partial charge in [0.25, 0.3) is 0 Å². The quantitative estimate of drug-likeness (QED) is 0.821. The predicted molar refractivity (Wildman–Crippen MR) is 84.4 cm³/mol. The highest BCUT2D eigenvalue weighted by molar-refractivity contribution is 6.29. The largest absolute Gasteiger partial charge is 0.377 e. The highest BCUT2D eigenvalue weighted by Gasteiger charge is 2.12. The van der Waals surface area contributed by atoms with E-state index in [4.69, 9.17) is 11.6 Å². The molecule has 0 fully saturated rings. The molecule has 104 valence electrons. The van der Waals surface area contributed by atoms with Gasteiger partial charge in [0.2, 0.25) is 0 Å². The van der Waals surface area contributed by atoms with Crippen LogP contribution in [0.1, 0.15) is 42.5 Å². The summed E-state index contributed by atoms with van der Waals surface area (Å²) in [4.78, 5) is 4.10. The van der Waals surface area contributed by atoms with Gasteiger partial charge in [0.15, 0.2) is 0 Å². The van der Waals surface area contributed by atoms with Gasteiger partial charge in [-0.3, -0.25) is 0 Å². The van der Waals surface area contributed by atoms with Gasteiger partial charge < -0.3 is 5.32 Å². The van der Waals surface area contributed by atoms with Gasteiger partial charge >= 0.3 is 0 Å². The first kappa shape index (κ1) is 13.4. The summed E-state index contributed by atoms with van der Waals surface area (Å²) in [6.07, 6.45) is 6.88. The van der Waals surface area contributed by atoms with Gasteiger partial charge in [0.1, 0.15) is 5.15 Å². The van der Waals surface area contributed by atoms with Crippen LogP contribution in [-0.2, 0) is 12.8 Å². The fourth-order valence-electron chi connectivity index (χ4n) is 2.82. The molecule has 1 unspecified atom stereocenters. The van der Waals surface area contributed by atoms with Gasteiger partial charge in [-0.15, -0.1) is 0 Å². The Kier molecular flexibility index (Phi) is 3.93. The van der Waals surface area contributed by atoms with Crippen molar-refractivity contribution >= 4 is 17.3 Å². The smallest absolute Gasteiger partial charge is 0.129 e. The lowest BCUT2D eigenvalue weighted by Crippen LogP contribution is -2.09. The minimum absolute atomic E-state index is 0.269. The van der Waals surface area contributed by atoms with E-state index in [1.54, 1.807) is 6.20 Å². The number of hydrogen-bond donors (Lipinski definition) is 1. The molecule has 3 heteroatoms. The van der Waals surface area contributed by atoms with Crippen LogP contribution < -0.4 is 5.32 Å². The summed E-state index contributed by atoms with van der Waals surface area (Å²) in [7, 11) is 0. The third-order valence-electron chi connectivity index (χ3n) is 3.98. The Bertz CT molecular complexity index is 592. The Morgan fingerprint density at radius 3 is 2.65 bits per heavy atom. The first-order valence-electron chi connectivity index (χ1n) is 7.22. The number of nitrogens with zero attached hydrogens (tertiary/aromatic N) is 1. The van der Waals surface area contributed by atoms with Crippen molar-refractivity contribution in [1.82, 2.24) is 4.98 Å². The summed E-state index contributed by atoms with van der Waals surface area (Å²) in [6, 6.07) is 10.9. The van der Waals surface area contributed by atoms with E-state index in [9.17, 15) is 0 Å². The minimum Gasteiger partial charge on any atom is -0.377 e. The molecule has 0 amide bonds. The molecule has 0 bridgehead atoms. The van der Waals surface area contributed by atoms with Crippen LogP contribution in [0.15, 0.2) is 36.5 Å². The van der Waals surface area contributed by atoms with Crippen molar-refractivity contribution in [3.63, 3.8) is 0 Å². The third kappa shape index (κ3) is 2.96. The molecule has 1 aliphatic carbocycles. The van der Waals surface area contributed by atoms with Crippen LogP contribution >= 0.6 is 11.6 Å². The zero-order valence-electron chi connectivity index (χ0n) is 11.7. The van der Waals surface area contributed by atoms with E-state index in [2.05, 4.69) is 35.4 Å². The molecule has 0 spiro atoms. The van der Waals surface area contributed by atoms with Crippen molar-refractivity contribution in [2.24, 2.45) is 0 Å². The number of hydrogen-bond acceptors (Lipinski definition) is 2. The van der Waals surface area contributed by atoms with Crippen molar-refractivity contribution in [2.45, 2.75) is 38.6 Å². The molecule has 20 heavy (non-hydrogen) atoms. The van der Waals surface area contributed by atoms with Gasteiger partial charge in [-0.05, 0) is 61.4 Å². The number of aromatic nitrogens is 1. The molecule has 1 atom stereocenters. The first-order chi connectivity index (χ1) is 9.72. The Morgan fingerprint density at radius 1 is 1.10 bits per heavy atom. The van der Waals surface area contributed by atoms with Crippen LogP contribution in [0.3, 0.4) is 0 Å². The summed E-state index contributed by atoms with van der Waals surface area (Å²) in [5.41, 5.74) is 5.39. The summed E-state index contributed by atoms with van der Waals surface area (Å²) in [5.74, 6) is 0. The number of halogens is 1. The van der Waals surface area contributed by atoms with Crippen molar-refractivity contribution < 1.29 is 0 Å². The molecule has 0 aliphatic heterocycles. The Hall–Kier alpha value is -1.54. The van der Waals surface area contributed by atoms with Gasteiger partial charge in [0, 0.05) is 6.04 Å². The van der Waals surface area contributed by atoms with Crippen LogP contribution in [0.2, 0.25) is 5.15 Å². The topological polar surface area (TPSA) is 24.9 Å². The first-order valence-corrected chi connectivity index (χ1v) is 7.60. The Labute approximate surface area is 125 Å². The van der Waals surface area contributed by atoms with Crippen LogP contribution in [0, 0.1) is 0 Å². The summed E-state index contributed by atoms with van der Waals surface area (Å²) < 4.78 is 0. The minimum atomic E-state index is 0.269. The fourth-order valence-corrected chi connectivity index (χ4v) is 2.93. The van der Waals surface area contributed by atoms with Crippen LogP contribution in [0.5, 0.6) is 0 Å². The molecule has 1 heterocycles. The summed E-state index contributed by atoms with van der Waals surface area (Å²) >= 11 is 5.81. The molecule has 0 saturated heterocycles. The molecule has 3 rings (SSSR count). The summed E-state index contributed by atoms with van der Waals surface area (Å²) in [6.45, 7) is 2.18. The second-order valence-corrected chi connectivity index (χ2v) is 5.86. The highest BCUT2D eigenvalue weighted by Crippen LogP contribution is 2.26. The monoisotopic (exact) mass is 286 g/mol. The van der Waals surface area contributed by atoms with E-state index in [0.29, 0.717) is 5.15 Å². The number of nitrogens with one attached hydrogen (secondary N) is 1. The average Bonchev–Trinajstić information content (AvgIpc) is 2.49. The normalized spacial score (nSPS) is 15.5. The van der Waals surface area contributed by atoms with Crippen LogP contribution in [0.25, 0.3) is 0 Å². The molecule has 1 aromatic heterocycles. The zero-order chi connectivity index (χ0) is 13.9. The van der Waals surface area contributed by atoms with E-state index in [1.165, 1.54) is 42.4 Å². The number of fused-ring (bicyclic) bond motifs is 1. The van der Waals surface area contributed by atoms with E-state index < -0.39 is 0 Å². The van der Waals surface area contributed by atoms with Crippen molar-refractivity contribution in [2.75, 3.05) is 5.32 Å². The van der Waals surface area contributed by atoms with E-state index in [1.807, 2.05) is 12.1 Å². The molecule has 0 radical (unpaired) electrons. The number of aryl methyl sites for hydroxylation is 2. The van der Waals surface area contributed by atoms with Crippen LogP contribution in [0.4, 0.5) is 5.69 Å². The molecule has 2 aromatic rings. The SMILES string of the molecule is CC(Nc1ccc(Cl)nc1)c1ccc2c(c1)CCCC2. The number of benzene rings is 1. The number of rotatable bonds is 3. The maximum atomic E-state index is 5.81. The summed E-state index contributed by atoms with van der Waals surface area (Å²) in [5, 5.41) is 4.00. The molecule has 0 saturated carbocycles. The second-order valence-electron chi connectivity index (χ2n) is 5.47. The standard InChI is InChI=1S/C17H19ClN2/c1-12(20-16-8-9-17(18)19-11-16)14-7-6-13-4-2-3-5-15(13)10-14/h6-12,20H,2-5H2,1H3. The Balaban J connectivity index is 1.76. The molecule has 2 nitrogen and oxygen atoms in total. The zero-order valence-corrected chi connectivity index (χ0v) is 12.5. The maximum absolute atomic E-state index is 5.81. The average molecular weight is 287 g/mol. The number of anilines is 1. The van der Waals surface area contributed by atoms with Crippen molar-refractivity contribution in [1.29, 1.82) is 0 Å². The van der Waals surface area contributed by atoms with E-state index in [0.717, 1.165) is 5.69 Å². The predicted octanol–water partition coefficient (Wildman–Crippen LogP) is 4.79. The van der Waals surface area contributed by atoms with Crippen molar-refractivity contribution in [3.05, 3.63) is 58.4 Å². The highest BCUT2D eigenvalue weighted by atomic mass is 35.5. The van der Waals surface area contributed by atoms with Gasteiger partial charge in [0.05, 0.1) is 11.9 Å².